The highest BCUT2D eigenvalue weighted by molar-refractivity contribution is 8.14. The molecule has 17 heavy (non-hydrogen) atoms. The first-order valence-electron chi connectivity index (χ1n) is 5.50. The van der Waals surface area contributed by atoms with E-state index in [2.05, 4.69) is 10.3 Å². The zero-order chi connectivity index (χ0) is 12.1. The minimum absolute atomic E-state index is 0.227. The van der Waals surface area contributed by atoms with Gasteiger partial charge in [-0.05, 0) is 30.7 Å². The van der Waals surface area contributed by atoms with Crippen molar-refractivity contribution in [1.82, 2.24) is 0 Å². The molecule has 0 saturated carbocycles. The number of hydrogen-bond donors (Lipinski definition) is 1. The number of nitrogens with zero attached hydrogens (tertiary/aromatic N) is 1. The van der Waals surface area contributed by atoms with Gasteiger partial charge in [0.05, 0.1) is 6.04 Å². The molecule has 5 heteroatoms. The third kappa shape index (κ3) is 3.71. The van der Waals surface area contributed by atoms with Crippen molar-refractivity contribution in [1.29, 1.82) is 0 Å². The molecule has 1 atom stereocenters. The molecule has 0 radical (unpaired) electrons. The molecule has 0 aromatic heterocycles. The SMILES string of the molecule is COCCC1CSC(Nc2ccc(F)cc2)=N1. The van der Waals surface area contributed by atoms with Gasteiger partial charge in [-0.2, -0.15) is 0 Å². The molecule has 0 bridgehead atoms. The lowest BCUT2D eigenvalue weighted by Crippen LogP contribution is -2.07. The number of amidine groups is 1. The van der Waals surface area contributed by atoms with Gasteiger partial charge in [0.25, 0.3) is 0 Å². The molecule has 0 spiro atoms. The molecular weight excluding hydrogens is 239 g/mol. The van der Waals surface area contributed by atoms with Crippen LogP contribution < -0.4 is 5.32 Å². The van der Waals surface area contributed by atoms with Gasteiger partial charge in [-0.15, -0.1) is 0 Å². The van der Waals surface area contributed by atoms with Crippen molar-refractivity contribution in [3.63, 3.8) is 0 Å². The minimum atomic E-state index is -0.227. The Hall–Kier alpha value is -1.07. The number of hydrogen-bond acceptors (Lipinski definition) is 4. The normalized spacial score (nSPS) is 19.2. The number of anilines is 1. The number of halogens is 1. The molecule has 0 fully saturated rings. The molecule has 1 unspecified atom stereocenters. The second-order valence-electron chi connectivity index (χ2n) is 3.81. The van der Waals surface area contributed by atoms with Crippen molar-refractivity contribution in [2.45, 2.75) is 12.5 Å². The van der Waals surface area contributed by atoms with Crippen molar-refractivity contribution in [3.8, 4) is 0 Å². The lowest BCUT2D eigenvalue weighted by atomic mass is 10.2. The van der Waals surface area contributed by atoms with Gasteiger partial charge in [-0.3, -0.25) is 4.99 Å². The predicted octanol–water partition coefficient (Wildman–Crippen LogP) is 2.75. The number of nitrogens with one attached hydrogen (secondary N) is 1. The summed E-state index contributed by atoms with van der Waals surface area (Å²) < 4.78 is 17.8. The van der Waals surface area contributed by atoms with E-state index in [0.717, 1.165) is 29.6 Å². The van der Waals surface area contributed by atoms with Gasteiger partial charge in [0.15, 0.2) is 5.17 Å². The maximum atomic E-state index is 12.7. The Morgan fingerprint density at radius 2 is 2.24 bits per heavy atom. The van der Waals surface area contributed by atoms with Crippen LogP contribution in [0.5, 0.6) is 0 Å². The van der Waals surface area contributed by atoms with Gasteiger partial charge in [-0.25, -0.2) is 4.39 Å². The van der Waals surface area contributed by atoms with Crippen molar-refractivity contribution in [3.05, 3.63) is 30.1 Å². The lowest BCUT2D eigenvalue weighted by molar-refractivity contribution is 0.190. The zero-order valence-corrected chi connectivity index (χ0v) is 10.5. The average Bonchev–Trinajstić information content (AvgIpc) is 2.77. The zero-order valence-electron chi connectivity index (χ0n) is 9.65. The third-order valence-corrected chi connectivity index (χ3v) is 3.50. The Kier molecular flexibility index (Phi) is 4.39. The van der Waals surface area contributed by atoms with Crippen molar-refractivity contribution >= 4 is 22.6 Å². The van der Waals surface area contributed by atoms with Crippen LogP contribution >= 0.6 is 11.8 Å². The van der Waals surface area contributed by atoms with Gasteiger partial charge < -0.3 is 10.1 Å². The van der Waals surface area contributed by atoms with Crippen LogP contribution in [0.25, 0.3) is 0 Å². The smallest absolute Gasteiger partial charge is 0.161 e. The number of thioether (sulfide) groups is 1. The molecule has 1 aliphatic rings. The topological polar surface area (TPSA) is 33.6 Å². The summed E-state index contributed by atoms with van der Waals surface area (Å²) in [7, 11) is 1.70. The van der Waals surface area contributed by atoms with Crippen molar-refractivity contribution in [2.75, 3.05) is 24.8 Å². The van der Waals surface area contributed by atoms with Gasteiger partial charge >= 0.3 is 0 Å². The Labute approximate surface area is 104 Å². The van der Waals surface area contributed by atoms with E-state index in [-0.39, 0.29) is 5.82 Å². The van der Waals surface area contributed by atoms with Gasteiger partial charge in [-0.1, -0.05) is 11.8 Å². The monoisotopic (exact) mass is 254 g/mol. The first-order chi connectivity index (χ1) is 8.28. The highest BCUT2D eigenvalue weighted by Gasteiger charge is 2.17. The molecule has 3 nitrogen and oxygen atoms in total. The van der Waals surface area contributed by atoms with Crippen LogP contribution in [0.15, 0.2) is 29.3 Å². The van der Waals surface area contributed by atoms with Crippen molar-refractivity contribution in [2.24, 2.45) is 4.99 Å². The van der Waals surface area contributed by atoms with E-state index in [1.54, 1.807) is 31.0 Å². The molecule has 1 aliphatic heterocycles. The van der Waals surface area contributed by atoms with E-state index in [1.807, 2.05) is 0 Å². The fourth-order valence-corrected chi connectivity index (χ4v) is 2.55. The summed E-state index contributed by atoms with van der Waals surface area (Å²) in [5, 5.41) is 4.08. The maximum Gasteiger partial charge on any atom is 0.161 e. The molecule has 0 amide bonds. The molecule has 0 saturated heterocycles. The van der Waals surface area contributed by atoms with E-state index in [4.69, 9.17) is 4.74 Å². The fourth-order valence-electron chi connectivity index (χ4n) is 1.54. The van der Waals surface area contributed by atoms with Crippen LogP contribution in [0.2, 0.25) is 0 Å². The maximum absolute atomic E-state index is 12.7. The number of rotatable bonds is 4. The number of ether oxygens (including phenoxy) is 1. The van der Waals surface area contributed by atoms with Crippen LogP contribution in [0, 0.1) is 5.82 Å². The highest BCUT2D eigenvalue weighted by Crippen LogP contribution is 2.22. The largest absolute Gasteiger partial charge is 0.385 e. The highest BCUT2D eigenvalue weighted by atomic mass is 32.2. The molecule has 1 aromatic carbocycles. The third-order valence-electron chi connectivity index (χ3n) is 2.46. The minimum Gasteiger partial charge on any atom is -0.385 e. The Balaban J connectivity index is 1.89. The fraction of sp³-hybridized carbons (Fsp3) is 0.417. The number of methoxy groups -OCH3 is 1. The molecule has 0 aliphatic carbocycles. The summed E-state index contributed by atoms with van der Waals surface area (Å²) in [5.41, 5.74) is 0.866. The van der Waals surface area contributed by atoms with Gasteiger partial charge in [0, 0.05) is 25.2 Å². The summed E-state index contributed by atoms with van der Waals surface area (Å²) in [6.45, 7) is 0.735. The molecular formula is C12H15FN2OS. The molecule has 1 heterocycles. The summed E-state index contributed by atoms with van der Waals surface area (Å²) in [6, 6.07) is 6.61. The summed E-state index contributed by atoms with van der Waals surface area (Å²) in [4.78, 5) is 4.54. The summed E-state index contributed by atoms with van der Waals surface area (Å²) in [5.74, 6) is 0.752. The Morgan fingerprint density at radius 3 is 2.94 bits per heavy atom. The molecule has 2 rings (SSSR count). The van der Waals surface area contributed by atoms with Gasteiger partial charge in [0.1, 0.15) is 5.82 Å². The van der Waals surface area contributed by atoms with Crippen LogP contribution in [0.1, 0.15) is 6.42 Å². The Bertz CT molecular complexity index is 394. The van der Waals surface area contributed by atoms with Crippen LogP contribution in [0.3, 0.4) is 0 Å². The predicted molar refractivity (Wildman–Crippen MR) is 70.2 cm³/mol. The van der Waals surface area contributed by atoms with E-state index in [1.165, 1.54) is 12.1 Å². The van der Waals surface area contributed by atoms with Gasteiger partial charge in [0.2, 0.25) is 0 Å². The molecule has 92 valence electrons. The first-order valence-corrected chi connectivity index (χ1v) is 6.48. The molecule has 1 aromatic rings. The van der Waals surface area contributed by atoms with Crippen LogP contribution in [-0.4, -0.2) is 30.7 Å². The molecule has 1 N–H and O–H groups in total. The van der Waals surface area contributed by atoms with E-state index in [0.29, 0.717) is 6.04 Å². The average molecular weight is 254 g/mol. The summed E-state index contributed by atoms with van der Waals surface area (Å²) in [6.07, 6.45) is 0.943. The second kappa shape index (κ2) is 6.02. The lowest BCUT2D eigenvalue weighted by Gasteiger charge is -2.04. The number of aliphatic imine (C=N–C) groups is 1. The van der Waals surface area contributed by atoms with E-state index >= 15 is 0 Å². The quantitative estimate of drug-likeness (QED) is 0.897. The standard InChI is InChI=1S/C12H15FN2OS/c1-16-7-6-11-8-17-12(15-11)14-10-4-2-9(13)3-5-10/h2-5,11H,6-8H2,1H3,(H,14,15). The van der Waals surface area contributed by atoms with Crippen LogP contribution in [-0.2, 0) is 4.74 Å². The van der Waals surface area contributed by atoms with Crippen LogP contribution in [0.4, 0.5) is 10.1 Å². The Morgan fingerprint density at radius 1 is 1.47 bits per heavy atom. The number of benzene rings is 1. The van der Waals surface area contributed by atoms with E-state index in [9.17, 15) is 4.39 Å². The first kappa shape index (κ1) is 12.4. The second-order valence-corrected chi connectivity index (χ2v) is 4.82. The summed E-state index contributed by atoms with van der Waals surface area (Å²) >= 11 is 1.69. The van der Waals surface area contributed by atoms with E-state index < -0.39 is 0 Å². The van der Waals surface area contributed by atoms with Crippen molar-refractivity contribution < 1.29 is 9.13 Å².